The van der Waals surface area contributed by atoms with Crippen molar-refractivity contribution >= 4 is 29.1 Å². The lowest BCUT2D eigenvalue weighted by molar-refractivity contribution is -0.684. The molecule has 1 aromatic carbocycles. The summed E-state index contributed by atoms with van der Waals surface area (Å²) in [6.45, 7) is 0.119. The Morgan fingerprint density at radius 3 is 2.50 bits per heavy atom. The largest absolute Gasteiger partial charge is 1.00 e. The maximum Gasteiger partial charge on any atom is 0.290 e. The van der Waals surface area contributed by atoms with Gasteiger partial charge in [-0.3, -0.25) is 9.59 Å². The second kappa shape index (κ2) is 8.36. The van der Waals surface area contributed by atoms with Gasteiger partial charge in [0.05, 0.1) is 0 Å². The summed E-state index contributed by atoms with van der Waals surface area (Å²) in [6.07, 6.45) is 3.36. The lowest BCUT2D eigenvalue weighted by Gasteiger charge is -2.03. The van der Waals surface area contributed by atoms with Crippen LogP contribution in [0, 0.1) is 0 Å². The molecule has 0 aliphatic carbocycles. The van der Waals surface area contributed by atoms with Crippen molar-refractivity contribution in [3.05, 3.63) is 59.4 Å². The molecule has 0 aliphatic heterocycles. The lowest BCUT2D eigenvalue weighted by Crippen LogP contribution is -3.00. The predicted molar refractivity (Wildman–Crippen MR) is 80.1 cm³/mol. The van der Waals surface area contributed by atoms with Gasteiger partial charge in [-0.25, -0.2) is 0 Å². The van der Waals surface area contributed by atoms with Crippen LogP contribution in [0.5, 0.6) is 0 Å². The number of nitrogens with one attached hydrogen (secondary N) is 2. The normalized spacial score (nSPS) is 9.55. The third kappa shape index (κ3) is 5.02. The lowest BCUT2D eigenvalue weighted by atomic mass is 10.2. The maximum absolute atomic E-state index is 12.0. The fourth-order valence-corrected chi connectivity index (χ4v) is 1.92. The van der Waals surface area contributed by atoms with Crippen LogP contribution in [-0.2, 0) is 11.3 Å². The first-order valence-electron chi connectivity index (χ1n) is 6.35. The van der Waals surface area contributed by atoms with Crippen LogP contribution in [0.15, 0.2) is 48.8 Å². The first-order valence-corrected chi connectivity index (χ1v) is 6.73. The number of benzene rings is 1. The third-order valence-electron chi connectivity index (χ3n) is 2.80. The van der Waals surface area contributed by atoms with Gasteiger partial charge in [0, 0.05) is 23.8 Å². The SMILES string of the molecule is CNC(=O)c1ccc[n+](CC(=O)Nc2ccc(Cl)cc2)c1.[Cl-]. The van der Waals surface area contributed by atoms with E-state index in [0.29, 0.717) is 16.3 Å². The minimum absolute atomic E-state index is 0. The van der Waals surface area contributed by atoms with Crippen LogP contribution in [-0.4, -0.2) is 18.9 Å². The summed E-state index contributed by atoms with van der Waals surface area (Å²) in [5.74, 6) is -0.376. The van der Waals surface area contributed by atoms with Crippen LogP contribution in [0.4, 0.5) is 5.69 Å². The second-order valence-corrected chi connectivity index (χ2v) is 4.84. The van der Waals surface area contributed by atoms with Crippen molar-refractivity contribution < 1.29 is 26.6 Å². The van der Waals surface area contributed by atoms with Crippen molar-refractivity contribution in [3.8, 4) is 0 Å². The number of nitrogens with zero attached hydrogens (tertiary/aromatic N) is 1. The molecule has 0 saturated heterocycles. The monoisotopic (exact) mass is 339 g/mol. The van der Waals surface area contributed by atoms with Gasteiger partial charge in [-0.1, -0.05) is 11.6 Å². The summed E-state index contributed by atoms with van der Waals surface area (Å²) >= 11 is 5.78. The summed E-state index contributed by atoms with van der Waals surface area (Å²) in [5.41, 5.74) is 1.17. The van der Waals surface area contributed by atoms with Crippen molar-refractivity contribution in [2.45, 2.75) is 6.54 Å². The van der Waals surface area contributed by atoms with Gasteiger partial charge >= 0.3 is 0 Å². The van der Waals surface area contributed by atoms with Crippen LogP contribution in [0.2, 0.25) is 5.02 Å². The number of carbonyl (C=O) groups is 2. The highest BCUT2D eigenvalue weighted by Gasteiger charge is 2.13. The molecule has 0 unspecified atom stereocenters. The van der Waals surface area contributed by atoms with Gasteiger partial charge in [0.25, 0.3) is 11.8 Å². The standard InChI is InChI=1S/C15H14ClN3O2.ClH/c1-17-15(21)11-3-2-8-19(9-11)10-14(20)18-13-6-4-12(16)5-7-13;/h2-9H,10H2,1H3,(H-,17,18,20,21);1H. The summed E-state index contributed by atoms with van der Waals surface area (Å²) in [7, 11) is 1.56. The van der Waals surface area contributed by atoms with Gasteiger partial charge in [0.15, 0.2) is 12.4 Å². The van der Waals surface area contributed by atoms with E-state index in [-0.39, 0.29) is 30.8 Å². The molecule has 0 bridgehead atoms. The summed E-state index contributed by atoms with van der Waals surface area (Å²) < 4.78 is 1.65. The van der Waals surface area contributed by atoms with Crippen LogP contribution >= 0.6 is 11.6 Å². The van der Waals surface area contributed by atoms with E-state index in [4.69, 9.17) is 11.6 Å². The Morgan fingerprint density at radius 2 is 1.86 bits per heavy atom. The molecule has 116 valence electrons. The van der Waals surface area contributed by atoms with Crippen molar-refractivity contribution in [2.24, 2.45) is 0 Å². The molecule has 0 fully saturated rings. The number of anilines is 1. The zero-order valence-corrected chi connectivity index (χ0v) is 13.4. The minimum Gasteiger partial charge on any atom is -1.00 e. The highest BCUT2D eigenvalue weighted by molar-refractivity contribution is 6.30. The molecular formula is C15H15Cl2N3O2. The number of rotatable bonds is 4. The highest BCUT2D eigenvalue weighted by atomic mass is 35.5. The van der Waals surface area contributed by atoms with Crippen LogP contribution < -0.4 is 27.6 Å². The quantitative estimate of drug-likeness (QED) is 0.675. The Labute approximate surface area is 139 Å². The van der Waals surface area contributed by atoms with Crippen LogP contribution in [0.1, 0.15) is 10.4 Å². The molecule has 2 rings (SSSR count). The van der Waals surface area contributed by atoms with E-state index in [1.165, 1.54) is 0 Å². The molecule has 0 aliphatic rings. The Hall–Kier alpha value is -2.11. The van der Waals surface area contributed by atoms with Gasteiger partial charge in [0.2, 0.25) is 6.54 Å². The summed E-state index contributed by atoms with van der Waals surface area (Å²) in [4.78, 5) is 23.5. The Bertz CT molecular complexity index is 660. The van der Waals surface area contributed by atoms with E-state index in [1.807, 2.05) is 0 Å². The first-order chi connectivity index (χ1) is 10.1. The molecule has 2 aromatic rings. The molecule has 22 heavy (non-hydrogen) atoms. The molecule has 2 amide bonds. The molecule has 7 heteroatoms. The molecule has 0 saturated carbocycles. The van der Waals surface area contributed by atoms with Gasteiger partial charge in [-0.05, 0) is 30.3 Å². The van der Waals surface area contributed by atoms with Crippen molar-refractivity contribution in [1.29, 1.82) is 0 Å². The van der Waals surface area contributed by atoms with Crippen molar-refractivity contribution in [1.82, 2.24) is 5.32 Å². The van der Waals surface area contributed by atoms with Crippen LogP contribution in [0.25, 0.3) is 0 Å². The number of carbonyl (C=O) groups excluding carboxylic acids is 2. The molecular weight excluding hydrogens is 325 g/mol. The average Bonchev–Trinajstić information content (AvgIpc) is 2.49. The fraction of sp³-hybridized carbons (Fsp3) is 0.133. The van der Waals surface area contributed by atoms with E-state index in [0.717, 1.165) is 0 Å². The van der Waals surface area contributed by atoms with E-state index in [2.05, 4.69) is 10.6 Å². The van der Waals surface area contributed by atoms with E-state index < -0.39 is 0 Å². The molecule has 1 aromatic heterocycles. The van der Waals surface area contributed by atoms with Crippen molar-refractivity contribution in [3.63, 3.8) is 0 Å². The van der Waals surface area contributed by atoms with Gasteiger partial charge in [-0.2, -0.15) is 4.57 Å². The topological polar surface area (TPSA) is 62.1 Å². The summed E-state index contributed by atoms with van der Waals surface area (Å²) in [6, 6.07) is 10.3. The maximum atomic E-state index is 12.0. The zero-order valence-electron chi connectivity index (χ0n) is 11.8. The Balaban J connectivity index is 0.00000242. The van der Waals surface area contributed by atoms with Gasteiger partial charge in [-0.15, -0.1) is 0 Å². The smallest absolute Gasteiger partial charge is 0.290 e. The van der Waals surface area contributed by atoms with Gasteiger partial charge in [0.1, 0.15) is 5.56 Å². The van der Waals surface area contributed by atoms with Gasteiger partial charge < -0.3 is 23.0 Å². The molecule has 0 atom stereocenters. The second-order valence-electron chi connectivity index (χ2n) is 4.40. The Morgan fingerprint density at radius 1 is 1.18 bits per heavy atom. The van der Waals surface area contributed by atoms with E-state index in [1.54, 1.807) is 60.4 Å². The van der Waals surface area contributed by atoms with E-state index in [9.17, 15) is 9.59 Å². The number of aromatic nitrogens is 1. The number of pyridine rings is 1. The molecule has 2 N–H and O–H groups in total. The first kappa shape index (κ1) is 17.9. The molecule has 1 heterocycles. The number of hydrogen-bond donors (Lipinski definition) is 2. The van der Waals surface area contributed by atoms with E-state index >= 15 is 0 Å². The third-order valence-corrected chi connectivity index (χ3v) is 3.05. The highest BCUT2D eigenvalue weighted by Crippen LogP contribution is 2.13. The van der Waals surface area contributed by atoms with Crippen molar-refractivity contribution in [2.75, 3.05) is 12.4 Å². The average molecular weight is 340 g/mol. The predicted octanol–water partition coefficient (Wildman–Crippen LogP) is -1.37. The number of hydrogen-bond acceptors (Lipinski definition) is 2. The fourth-order valence-electron chi connectivity index (χ4n) is 1.80. The van der Waals surface area contributed by atoms with Crippen LogP contribution in [0.3, 0.4) is 0 Å². The number of halogens is 2. The summed E-state index contributed by atoms with van der Waals surface area (Å²) in [5, 5.41) is 5.91. The molecule has 0 spiro atoms. The molecule has 0 radical (unpaired) electrons. The Kier molecular flexibility index (Phi) is 6.82. The molecule has 5 nitrogen and oxygen atoms in total. The zero-order chi connectivity index (χ0) is 15.2. The number of amides is 2. The minimum atomic E-state index is -0.192.